The standard InChI is InChI=1S/C13H19ClN2O3S/c1-11(12-3-5-13(14)6-4-12)15(2)20(17,18)16-7-9-19-10-8-16/h3-6,11H,7-10H2,1-2H3. The molecular formula is C13H19ClN2O3S. The molecule has 7 heteroatoms. The molecule has 1 aliphatic heterocycles. The molecule has 1 unspecified atom stereocenters. The van der Waals surface area contributed by atoms with Crippen LogP contribution in [0.1, 0.15) is 18.5 Å². The first-order chi connectivity index (χ1) is 9.43. The fraction of sp³-hybridized carbons (Fsp3) is 0.538. The van der Waals surface area contributed by atoms with Crippen molar-refractivity contribution in [2.24, 2.45) is 0 Å². The van der Waals surface area contributed by atoms with Gasteiger partial charge in [0.05, 0.1) is 13.2 Å². The first-order valence-electron chi connectivity index (χ1n) is 6.49. The number of ether oxygens (including phenoxy) is 1. The van der Waals surface area contributed by atoms with Gasteiger partial charge in [-0.3, -0.25) is 0 Å². The molecule has 20 heavy (non-hydrogen) atoms. The van der Waals surface area contributed by atoms with Crippen molar-refractivity contribution >= 4 is 21.8 Å². The number of hydrogen-bond donors (Lipinski definition) is 0. The van der Waals surface area contributed by atoms with Gasteiger partial charge in [-0.15, -0.1) is 0 Å². The van der Waals surface area contributed by atoms with E-state index in [0.717, 1.165) is 5.56 Å². The number of hydrogen-bond acceptors (Lipinski definition) is 3. The molecule has 2 rings (SSSR count). The van der Waals surface area contributed by atoms with Crippen LogP contribution in [0.25, 0.3) is 0 Å². The Morgan fingerprint density at radius 2 is 1.80 bits per heavy atom. The van der Waals surface area contributed by atoms with Crippen LogP contribution in [0.4, 0.5) is 0 Å². The Hall–Kier alpha value is -0.660. The van der Waals surface area contributed by atoms with Gasteiger partial charge in [-0.25, -0.2) is 0 Å². The second kappa shape index (κ2) is 6.41. The normalized spacial score (nSPS) is 19.2. The lowest BCUT2D eigenvalue weighted by Crippen LogP contribution is -2.47. The molecule has 1 heterocycles. The summed E-state index contributed by atoms with van der Waals surface area (Å²) < 4.78 is 33.1. The van der Waals surface area contributed by atoms with Gasteiger partial charge in [-0.1, -0.05) is 23.7 Å². The summed E-state index contributed by atoms with van der Waals surface area (Å²) in [6.07, 6.45) is 0. The Morgan fingerprint density at radius 3 is 2.35 bits per heavy atom. The van der Waals surface area contributed by atoms with Crippen molar-refractivity contribution < 1.29 is 13.2 Å². The third kappa shape index (κ3) is 3.32. The highest BCUT2D eigenvalue weighted by Crippen LogP contribution is 2.24. The molecule has 1 aromatic rings. The smallest absolute Gasteiger partial charge is 0.282 e. The average Bonchev–Trinajstić information content (AvgIpc) is 2.47. The lowest BCUT2D eigenvalue weighted by Gasteiger charge is -2.33. The molecule has 1 aliphatic rings. The van der Waals surface area contributed by atoms with E-state index in [9.17, 15) is 8.42 Å². The molecule has 0 spiro atoms. The van der Waals surface area contributed by atoms with Crippen LogP contribution in [0, 0.1) is 0 Å². The molecular weight excluding hydrogens is 300 g/mol. The molecule has 0 bridgehead atoms. The van der Waals surface area contributed by atoms with Gasteiger partial charge in [0.2, 0.25) is 0 Å². The Kier molecular flexibility index (Phi) is 5.04. The van der Waals surface area contributed by atoms with E-state index in [1.807, 2.05) is 19.1 Å². The summed E-state index contributed by atoms with van der Waals surface area (Å²) in [5.74, 6) is 0. The van der Waals surface area contributed by atoms with Gasteiger partial charge in [-0.05, 0) is 24.6 Å². The zero-order chi connectivity index (χ0) is 14.8. The topological polar surface area (TPSA) is 49.9 Å². The Balaban J connectivity index is 2.16. The van der Waals surface area contributed by atoms with Crippen molar-refractivity contribution in [2.45, 2.75) is 13.0 Å². The fourth-order valence-corrected chi connectivity index (χ4v) is 3.73. The van der Waals surface area contributed by atoms with Crippen molar-refractivity contribution in [1.82, 2.24) is 8.61 Å². The molecule has 1 aromatic carbocycles. The number of halogens is 1. The molecule has 5 nitrogen and oxygen atoms in total. The third-order valence-electron chi connectivity index (χ3n) is 3.56. The molecule has 0 N–H and O–H groups in total. The van der Waals surface area contributed by atoms with Gasteiger partial charge in [0.1, 0.15) is 0 Å². The minimum atomic E-state index is -3.47. The Bertz CT molecular complexity index is 541. The lowest BCUT2D eigenvalue weighted by molar-refractivity contribution is 0.0700. The minimum Gasteiger partial charge on any atom is -0.379 e. The van der Waals surface area contributed by atoms with E-state index < -0.39 is 10.2 Å². The first-order valence-corrected chi connectivity index (χ1v) is 8.27. The third-order valence-corrected chi connectivity index (χ3v) is 5.87. The predicted molar refractivity (Wildman–Crippen MR) is 78.9 cm³/mol. The van der Waals surface area contributed by atoms with Crippen molar-refractivity contribution in [3.63, 3.8) is 0 Å². The second-order valence-corrected chi connectivity index (χ2v) is 7.19. The van der Waals surface area contributed by atoms with Crippen LogP contribution in [0.15, 0.2) is 24.3 Å². The maximum atomic E-state index is 12.5. The van der Waals surface area contributed by atoms with E-state index >= 15 is 0 Å². The van der Waals surface area contributed by atoms with Crippen molar-refractivity contribution in [1.29, 1.82) is 0 Å². The molecule has 0 radical (unpaired) electrons. The van der Waals surface area contributed by atoms with Crippen LogP contribution in [-0.2, 0) is 14.9 Å². The van der Waals surface area contributed by atoms with E-state index in [1.165, 1.54) is 8.61 Å². The van der Waals surface area contributed by atoms with Crippen LogP contribution in [0.3, 0.4) is 0 Å². The molecule has 0 aliphatic carbocycles. The highest BCUT2D eigenvalue weighted by molar-refractivity contribution is 7.86. The van der Waals surface area contributed by atoms with E-state index in [1.54, 1.807) is 19.2 Å². The summed E-state index contributed by atoms with van der Waals surface area (Å²) in [5.41, 5.74) is 0.911. The highest BCUT2D eigenvalue weighted by Gasteiger charge is 2.31. The SMILES string of the molecule is CC(c1ccc(Cl)cc1)N(C)S(=O)(=O)N1CCOCC1. The second-order valence-electron chi connectivity index (χ2n) is 4.76. The van der Waals surface area contributed by atoms with Crippen LogP contribution in [0.2, 0.25) is 5.02 Å². The van der Waals surface area contributed by atoms with Crippen molar-refractivity contribution in [2.75, 3.05) is 33.4 Å². The molecule has 1 saturated heterocycles. The first kappa shape index (κ1) is 15.7. The molecule has 0 saturated carbocycles. The lowest BCUT2D eigenvalue weighted by atomic mass is 10.1. The average molecular weight is 319 g/mol. The van der Waals surface area contributed by atoms with Crippen molar-refractivity contribution in [3.8, 4) is 0 Å². The van der Waals surface area contributed by atoms with E-state index in [4.69, 9.17) is 16.3 Å². The summed E-state index contributed by atoms with van der Waals surface area (Å²) in [4.78, 5) is 0. The maximum absolute atomic E-state index is 12.5. The number of nitrogens with zero attached hydrogens (tertiary/aromatic N) is 2. The van der Waals surface area contributed by atoms with Gasteiger partial charge in [0.15, 0.2) is 0 Å². The quantitative estimate of drug-likeness (QED) is 0.852. The van der Waals surface area contributed by atoms with Crippen LogP contribution in [0.5, 0.6) is 0 Å². The molecule has 1 atom stereocenters. The summed E-state index contributed by atoms with van der Waals surface area (Å²) in [5, 5.41) is 0.639. The van der Waals surface area contributed by atoms with E-state index in [0.29, 0.717) is 31.3 Å². The van der Waals surface area contributed by atoms with Crippen LogP contribution < -0.4 is 0 Å². The number of morpholine rings is 1. The summed E-state index contributed by atoms with van der Waals surface area (Å²) in [6.45, 7) is 3.56. The summed E-state index contributed by atoms with van der Waals surface area (Å²) in [7, 11) is -1.86. The summed E-state index contributed by atoms with van der Waals surface area (Å²) >= 11 is 5.85. The van der Waals surface area contributed by atoms with Crippen molar-refractivity contribution in [3.05, 3.63) is 34.9 Å². The fourth-order valence-electron chi connectivity index (χ4n) is 2.11. The summed E-state index contributed by atoms with van der Waals surface area (Å²) in [6, 6.07) is 6.97. The van der Waals surface area contributed by atoms with E-state index in [2.05, 4.69) is 0 Å². The van der Waals surface area contributed by atoms with Crippen LogP contribution in [-0.4, -0.2) is 50.4 Å². The zero-order valence-corrected chi connectivity index (χ0v) is 13.2. The van der Waals surface area contributed by atoms with E-state index in [-0.39, 0.29) is 6.04 Å². The van der Waals surface area contributed by atoms with Crippen LogP contribution >= 0.6 is 11.6 Å². The Morgan fingerprint density at radius 1 is 1.25 bits per heavy atom. The maximum Gasteiger partial charge on any atom is 0.282 e. The Labute approximate surface area is 125 Å². The monoisotopic (exact) mass is 318 g/mol. The molecule has 112 valence electrons. The van der Waals surface area contributed by atoms with Gasteiger partial charge >= 0.3 is 0 Å². The minimum absolute atomic E-state index is 0.250. The van der Waals surface area contributed by atoms with Gasteiger partial charge < -0.3 is 4.74 Å². The number of benzene rings is 1. The van der Waals surface area contributed by atoms with Gasteiger partial charge in [0, 0.05) is 31.2 Å². The molecule has 0 aromatic heterocycles. The van der Waals surface area contributed by atoms with Gasteiger partial charge in [0.25, 0.3) is 10.2 Å². The van der Waals surface area contributed by atoms with Gasteiger partial charge in [-0.2, -0.15) is 17.0 Å². The largest absolute Gasteiger partial charge is 0.379 e. The highest BCUT2D eigenvalue weighted by atomic mass is 35.5. The molecule has 0 amide bonds. The zero-order valence-electron chi connectivity index (χ0n) is 11.6. The predicted octanol–water partition coefficient (Wildman–Crippen LogP) is 1.91. The molecule has 1 fully saturated rings. The number of rotatable bonds is 4.